The van der Waals surface area contributed by atoms with Gasteiger partial charge in [0.2, 0.25) is 0 Å². The third-order valence-corrected chi connectivity index (χ3v) is 4.09. The van der Waals surface area contributed by atoms with E-state index < -0.39 is 6.09 Å². The summed E-state index contributed by atoms with van der Waals surface area (Å²) in [5.74, 6) is 0.124. The van der Waals surface area contributed by atoms with E-state index in [4.69, 9.17) is 5.26 Å². The Labute approximate surface area is 110 Å². The molecule has 0 saturated carbocycles. The predicted molar refractivity (Wildman–Crippen MR) is 67.6 cm³/mol. The van der Waals surface area contributed by atoms with Crippen LogP contribution in [-0.2, 0) is 4.89 Å². The molecule has 6 heteroatoms. The second-order valence-electron chi connectivity index (χ2n) is 4.97. The number of nitrogens with zero attached hydrogens (tertiary/aromatic N) is 1. The van der Waals surface area contributed by atoms with E-state index in [0.717, 1.165) is 17.7 Å². The molecule has 19 heavy (non-hydrogen) atoms. The van der Waals surface area contributed by atoms with Crippen LogP contribution in [-0.4, -0.2) is 40.6 Å². The van der Waals surface area contributed by atoms with Crippen molar-refractivity contribution >= 4 is 11.8 Å². The van der Waals surface area contributed by atoms with Gasteiger partial charge in [0.05, 0.1) is 18.7 Å². The molecule has 1 fully saturated rings. The first-order chi connectivity index (χ1) is 9.26. The number of anilines is 1. The topological polar surface area (TPSA) is 82.0 Å². The molecule has 0 aromatic heterocycles. The van der Waals surface area contributed by atoms with E-state index in [0.29, 0.717) is 6.54 Å². The fraction of sp³-hybridized carbons (Fsp3) is 0.462. The summed E-state index contributed by atoms with van der Waals surface area (Å²) < 4.78 is 0. The highest BCUT2D eigenvalue weighted by Crippen LogP contribution is 2.46. The number of benzene rings is 1. The molecule has 3 unspecified atom stereocenters. The van der Waals surface area contributed by atoms with Crippen molar-refractivity contribution in [3.8, 4) is 0 Å². The minimum atomic E-state index is -0.735. The van der Waals surface area contributed by atoms with Gasteiger partial charge >= 0.3 is 6.09 Å². The van der Waals surface area contributed by atoms with Gasteiger partial charge < -0.3 is 10.4 Å². The number of para-hydroxylation sites is 1. The highest BCUT2D eigenvalue weighted by atomic mass is 17.1. The average molecular weight is 264 g/mol. The van der Waals surface area contributed by atoms with Crippen molar-refractivity contribution in [2.45, 2.75) is 18.5 Å². The van der Waals surface area contributed by atoms with Crippen LogP contribution in [0.4, 0.5) is 10.5 Å². The summed E-state index contributed by atoms with van der Waals surface area (Å²) in [7, 11) is 0. The zero-order chi connectivity index (χ0) is 13.4. The van der Waals surface area contributed by atoms with E-state index in [1.54, 1.807) is 0 Å². The van der Waals surface area contributed by atoms with Gasteiger partial charge in [0.25, 0.3) is 0 Å². The van der Waals surface area contributed by atoms with Crippen LogP contribution < -0.4 is 5.32 Å². The summed E-state index contributed by atoms with van der Waals surface area (Å²) in [6.07, 6.45) is 0.0349. The lowest BCUT2D eigenvalue weighted by Gasteiger charge is -2.38. The standard InChI is InChI=1S/C13H16N2O4/c16-7-11-9-5-6-15(13(17)19-18)12(9)8-3-1-2-4-10(8)14-11/h1-4,9,11-12,14,16,18H,5-7H2. The Balaban J connectivity index is 2.02. The number of aliphatic hydroxyl groups excluding tert-OH is 1. The van der Waals surface area contributed by atoms with Crippen LogP contribution in [0.2, 0.25) is 0 Å². The molecule has 2 heterocycles. The monoisotopic (exact) mass is 264 g/mol. The Morgan fingerprint density at radius 2 is 2.26 bits per heavy atom. The molecule has 102 valence electrons. The Morgan fingerprint density at radius 3 is 3.00 bits per heavy atom. The number of likely N-dealkylation sites (tertiary alicyclic amines) is 1. The molecular weight excluding hydrogens is 248 g/mol. The Bertz CT molecular complexity index is 493. The van der Waals surface area contributed by atoms with E-state index in [9.17, 15) is 9.90 Å². The minimum Gasteiger partial charge on any atom is -0.394 e. The van der Waals surface area contributed by atoms with Gasteiger partial charge in [-0.1, -0.05) is 18.2 Å². The van der Waals surface area contributed by atoms with Gasteiger partial charge in [0.1, 0.15) is 0 Å². The molecule has 3 rings (SSSR count). The Kier molecular flexibility index (Phi) is 3.04. The van der Waals surface area contributed by atoms with E-state index in [2.05, 4.69) is 10.2 Å². The number of amides is 1. The fourth-order valence-electron chi connectivity index (χ4n) is 3.27. The first-order valence-electron chi connectivity index (χ1n) is 6.34. The first kappa shape index (κ1) is 12.3. The number of fused-ring (bicyclic) bond motifs is 3. The van der Waals surface area contributed by atoms with Gasteiger partial charge in [0.15, 0.2) is 0 Å². The predicted octanol–water partition coefficient (Wildman–Crippen LogP) is 1.45. The number of hydrogen-bond donors (Lipinski definition) is 3. The van der Waals surface area contributed by atoms with Crippen molar-refractivity contribution in [2.75, 3.05) is 18.5 Å². The maximum atomic E-state index is 11.6. The van der Waals surface area contributed by atoms with Gasteiger partial charge in [0, 0.05) is 18.2 Å². The van der Waals surface area contributed by atoms with Crippen molar-refractivity contribution in [1.82, 2.24) is 4.90 Å². The SMILES string of the molecule is O=C(OO)N1CCC2C(CO)Nc3ccccc3C21. The number of aliphatic hydroxyl groups is 1. The summed E-state index contributed by atoms with van der Waals surface area (Å²) >= 11 is 0. The van der Waals surface area contributed by atoms with E-state index >= 15 is 0 Å². The molecule has 1 aromatic carbocycles. The van der Waals surface area contributed by atoms with Crippen LogP contribution in [0.3, 0.4) is 0 Å². The van der Waals surface area contributed by atoms with Gasteiger partial charge in [-0.25, -0.2) is 4.79 Å². The molecule has 0 aliphatic carbocycles. The maximum absolute atomic E-state index is 11.6. The molecule has 0 bridgehead atoms. The summed E-state index contributed by atoms with van der Waals surface area (Å²) in [5, 5.41) is 21.4. The normalized spacial score (nSPS) is 28.3. The van der Waals surface area contributed by atoms with Crippen LogP contribution >= 0.6 is 0 Å². The molecule has 3 atom stereocenters. The molecule has 0 radical (unpaired) electrons. The van der Waals surface area contributed by atoms with Crippen molar-refractivity contribution in [2.24, 2.45) is 5.92 Å². The fourth-order valence-corrected chi connectivity index (χ4v) is 3.27. The second-order valence-corrected chi connectivity index (χ2v) is 4.97. The summed E-state index contributed by atoms with van der Waals surface area (Å²) in [5.41, 5.74) is 1.92. The van der Waals surface area contributed by atoms with Crippen molar-refractivity contribution in [3.63, 3.8) is 0 Å². The van der Waals surface area contributed by atoms with Gasteiger partial charge in [-0.15, -0.1) is 0 Å². The molecule has 0 spiro atoms. The second kappa shape index (κ2) is 4.71. The van der Waals surface area contributed by atoms with E-state index in [-0.39, 0.29) is 24.6 Å². The average Bonchev–Trinajstić information content (AvgIpc) is 2.90. The third-order valence-electron chi connectivity index (χ3n) is 4.09. The Morgan fingerprint density at radius 1 is 1.47 bits per heavy atom. The first-order valence-corrected chi connectivity index (χ1v) is 6.34. The number of rotatable bonds is 1. The van der Waals surface area contributed by atoms with Crippen molar-refractivity contribution < 1.29 is 20.0 Å². The number of nitrogens with one attached hydrogen (secondary N) is 1. The zero-order valence-electron chi connectivity index (χ0n) is 10.3. The largest absolute Gasteiger partial charge is 0.441 e. The molecule has 1 aromatic rings. The number of carbonyl (C=O) groups is 1. The van der Waals surface area contributed by atoms with E-state index in [1.165, 1.54) is 4.90 Å². The molecule has 1 amide bonds. The van der Waals surface area contributed by atoms with Gasteiger partial charge in [-0.3, -0.25) is 9.79 Å². The smallest absolute Gasteiger partial charge is 0.394 e. The quantitative estimate of drug-likeness (QED) is 0.528. The lowest BCUT2D eigenvalue weighted by molar-refractivity contribution is -0.189. The summed E-state index contributed by atoms with van der Waals surface area (Å²) in [6, 6.07) is 7.46. The van der Waals surface area contributed by atoms with Crippen molar-refractivity contribution in [3.05, 3.63) is 29.8 Å². The maximum Gasteiger partial charge on any atom is 0.441 e. The molecule has 2 aliphatic rings. The molecular formula is C13H16N2O4. The van der Waals surface area contributed by atoms with Crippen LogP contribution in [0.15, 0.2) is 24.3 Å². The van der Waals surface area contributed by atoms with Gasteiger partial charge in [-0.05, 0) is 18.1 Å². The molecule has 1 saturated heterocycles. The number of hydrogen-bond acceptors (Lipinski definition) is 5. The Hall–Kier alpha value is -1.79. The van der Waals surface area contributed by atoms with Crippen molar-refractivity contribution in [1.29, 1.82) is 0 Å². The highest BCUT2D eigenvalue weighted by molar-refractivity contribution is 5.70. The molecule has 3 N–H and O–H groups in total. The highest BCUT2D eigenvalue weighted by Gasteiger charge is 2.46. The number of carbonyl (C=O) groups excluding carboxylic acids is 1. The van der Waals surface area contributed by atoms with E-state index in [1.807, 2.05) is 24.3 Å². The van der Waals surface area contributed by atoms with Crippen LogP contribution in [0.25, 0.3) is 0 Å². The van der Waals surface area contributed by atoms with Gasteiger partial charge in [-0.2, -0.15) is 5.26 Å². The van der Waals surface area contributed by atoms with Crippen LogP contribution in [0.5, 0.6) is 0 Å². The lowest BCUT2D eigenvalue weighted by Crippen LogP contribution is -2.42. The molecule has 2 aliphatic heterocycles. The summed E-state index contributed by atoms with van der Waals surface area (Å²) in [6.45, 7) is 0.527. The molecule has 6 nitrogen and oxygen atoms in total. The van der Waals surface area contributed by atoms with Crippen LogP contribution in [0, 0.1) is 5.92 Å². The van der Waals surface area contributed by atoms with Crippen LogP contribution in [0.1, 0.15) is 18.0 Å². The summed E-state index contributed by atoms with van der Waals surface area (Å²) in [4.78, 5) is 17.0. The minimum absolute atomic E-state index is 0.0114. The third kappa shape index (κ3) is 1.84. The zero-order valence-corrected chi connectivity index (χ0v) is 10.3. The lowest BCUT2D eigenvalue weighted by atomic mass is 9.83.